The summed E-state index contributed by atoms with van der Waals surface area (Å²) in [6.45, 7) is 7.42. The fourth-order valence-electron chi connectivity index (χ4n) is 1.52. The summed E-state index contributed by atoms with van der Waals surface area (Å²) in [6.07, 6.45) is 5.31. The number of nitrogens with zero attached hydrogens (tertiary/aromatic N) is 1. The van der Waals surface area contributed by atoms with Crippen molar-refractivity contribution in [1.82, 2.24) is 10.3 Å². The van der Waals surface area contributed by atoms with Gasteiger partial charge in [0, 0.05) is 31.3 Å². The second-order valence-corrected chi connectivity index (χ2v) is 4.71. The summed E-state index contributed by atoms with van der Waals surface area (Å²) in [7, 11) is 0. The topological polar surface area (TPSA) is 34.1 Å². The predicted octanol–water partition coefficient (Wildman–Crippen LogP) is 2.68. The summed E-state index contributed by atoms with van der Waals surface area (Å²) in [5, 5.41) is 3.48. The van der Waals surface area contributed by atoms with E-state index in [9.17, 15) is 0 Å². The van der Waals surface area contributed by atoms with Crippen LogP contribution in [0.5, 0.6) is 5.88 Å². The van der Waals surface area contributed by atoms with Gasteiger partial charge in [0.1, 0.15) is 0 Å². The number of nitrogens with one attached hydrogen (secondary N) is 1. The molecule has 1 heterocycles. The molecular formula is C14H20N2O. The Labute approximate surface area is 103 Å². The lowest BCUT2D eigenvalue weighted by Gasteiger charge is -2.07. The van der Waals surface area contributed by atoms with Crippen LogP contribution in [0.3, 0.4) is 0 Å². The lowest BCUT2D eigenvalue weighted by atomic mass is 10.2. The van der Waals surface area contributed by atoms with Crippen molar-refractivity contribution >= 4 is 0 Å². The first-order valence-corrected chi connectivity index (χ1v) is 6.19. The molecule has 1 aliphatic rings. The summed E-state index contributed by atoms with van der Waals surface area (Å²) in [6, 6.07) is 4.77. The number of pyridine rings is 1. The summed E-state index contributed by atoms with van der Waals surface area (Å²) >= 11 is 0. The second-order valence-electron chi connectivity index (χ2n) is 4.71. The lowest BCUT2D eigenvalue weighted by molar-refractivity contribution is 0.309. The van der Waals surface area contributed by atoms with Crippen molar-refractivity contribution in [1.29, 1.82) is 0 Å². The predicted molar refractivity (Wildman–Crippen MR) is 69.0 cm³/mol. The first kappa shape index (κ1) is 12.1. The van der Waals surface area contributed by atoms with Gasteiger partial charge in [0.2, 0.25) is 5.88 Å². The van der Waals surface area contributed by atoms with E-state index < -0.39 is 0 Å². The van der Waals surface area contributed by atoms with Crippen LogP contribution in [0.25, 0.3) is 0 Å². The summed E-state index contributed by atoms with van der Waals surface area (Å²) < 4.78 is 5.58. The molecule has 1 aliphatic carbocycles. The minimum atomic E-state index is 0.655. The van der Waals surface area contributed by atoms with E-state index in [-0.39, 0.29) is 0 Å². The molecule has 0 bridgehead atoms. The number of aromatic nitrogens is 1. The molecule has 92 valence electrons. The highest BCUT2D eigenvalue weighted by Gasteiger charge is 2.19. The average molecular weight is 232 g/mol. The van der Waals surface area contributed by atoms with Crippen molar-refractivity contribution in [3.8, 4) is 5.88 Å². The molecule has 1 aromatic rings. The maximum Gasteiger partial charge on any atom is 0.213 e. The molecule has 3 heteroatoms. The molecule has 0 aromatic carbocycles. The number of ether oxygens (including phenoxy) is 1. The Morgan fingerprint density at radius 1 is 1.59 bits per heavy atom. The maximum atomic E-state index is 5.58. The molecule has 0 amide bonds. The van der Waals surface area contributed by atoms with Crippen molar-refractivity contribution in [2.75, 3.05) is 6.61 Å². The molecule has 2 rings (SSSR count). The minimum Gasteiger partial charge on any atom is -0.477 e. The van der Waals surface area contributed by atoms with Crippen molar-refractivity contribution < 1.29 is 4.74 Å². The smallest absolute Gasteiger partial charge is 0.213 e. The van der Waals surface area contributed by atoms with Crippen LogP contribution in [-0.4, -0.2) is 17.6 Å². The lowest BCUT2D eigenvalue weighted by Crippen LogP contribution is -2.15. The van der Waals surface area contributed by atoms with Gasteiger partial charge in [-0.25, -0.2) is 4.98 Å². The van der Waals surface area contributed by atoms with Crippen LogP contribution in [0.4, 0.5) is 0 Å². The zero-order valence-electron chi connectivity index (χ0n) is 10.4. The third-order valence-corrected chi connectivity index (χ3v) is 2.75. The normalized spacial score (nSPS) is 14.6. The standard InChI is InChI=1S/C14H20N2O/c1-11(2)6-8-17-14-9-12(5-7-15-14)10-16-13-3-4-13/h5,7,9,13,16H,1,3-4,6,8,10H2,2H3. The Kier molecular flexibility index (Phi) is 4.15. The van der Waals surface area contributed by atoms with Crippen molar-refractivity contribution in [3.05, 3.63) is 36.0 Å². The first-order chi connectivity index (χ1) is 8.24. The van der Waals surface area contributed by atoms with Gasteiger partial charge in [-0.05, 0) is 31.4 Å². The molecule has 1 aromatic heterocycles. The van der Waals surface area contributed by atoms with Gasteiger partial charge in [-0.15, -0.1) is 6.58 Å². The van der Waals surface area contributed by atoms with Crippen LogP contribution >= 0.6 is 0 Å². The van der Waals surface area contributed by atoms with E-state index in [1.54, 1.807) is 6.20 Å². The van der Waals surface area contributed by atoms with E-state index in [4.69, 9.17) is 4.74 Å². The van der Waals surface area contributed by atoms with Gasteiger partial charge in [0.05, 0.1) is 6.61 Å². The average Bonchev–Trinajstić information content (AvgIpc) is 3.10. The fraction of sp³-hybridized carbons (Fsp3) is 0.500. The molecule has 0 unspecified atom stereocenters. The largest absolute Gasteiger partial charge is 0.477 e. The molecule has 0 saturated heterocycles. The minimum absolute atomic E-state index is 0.655. The third kappa shape index (κ3) is 4.57. The van der Waals surface area contributed by atoms with Crippen LogP contribution < -0.4 is 10.1 Å². The molecule has 17 heavy (non-hydrogen) atoms. The Balaban J connectivity index is 1.79. The van der Waals surface area contributed by atoms with E-state index in [2.05, 4.69) is 16.9 Å². The van der Waals surface area contributed by atoms with E-state index in [0.717, 1.165) is 24.6 Å². The SMILES string of the molecule is C=C(C)CCOc1cc(CNC2CC2)ccn1. The van der Waals surface area contributed by atoms with Gasteiger partial charge >= 0.3 is 0 Å². The van der Waals surface area contributed by atoms with Gasteiger partial charge in [0.25, 0.3) is 0 Å². The maximum absolute atomic E-state index is 5.58. The zero-order chi connectivity index (χ0) is 12.1. The molecular weight excluding hydrogens is 212 g/mol. The third-order valence-electron chi connectivity index (χ3n) is 2.75. The molecule has 0 atom stereocenters. The number of hydrogen-bond acceptors (Lipinski definition) is 3. The van der Waals surface area contributed by atoms with Gasteiger partial charge in [-0.2, -0.15) is 0 Å². The van der Waals surface area contributed by atoms with Crippen LogP contribution in [0.15, 0.2) is 30.5 Å². The molecule has 0 radical (unpaired) electrons. The van der Waals surface area contributed by atoms with Crippen molar-refractivity contribution in [3.63, 3.8) is 0 Å². The van der Waals surface area contributed by atoms with Crippen LogP contribution in [0.2, 0.25) is 0 Å². The first-order valence-electron chi connectivity index (χ1n) is 6.19. The van der Waals surface area contributed by atoms with E-state index in [0.29, 0.717) is 12.5 Å². The number of rotatable bonds is 7. The van der Waals surface area contributed by atoms with Crippen molar-refractivity contribution in [2.24, 2.45) is 0 Å². The van der Waals surface area contributed by atoms with Crippen LogP contribution in [0, 0.1) is 0 Å². The van der Waals surface area contributed by atoms with Crippen LogP contribution in [0.1, 0.15) is 31.7 Å². The highest BCUT2D eigenvalue weighted by atomic mass is 16.5. The van der Waals surface area contributed by atoms with Gasteiger partial charge in [0.15, 0.2) is 0 Å². The molecule has 1 saturated carbocycles. The Bertz CT molecular complexity index is 386. The zero-order valence-corrected chi connectivity index (χ0v) is 10.4. The highest BCUT2D eigenvalue weighted by molar-refractivity contribution is 5.20. The van der Waals surface area contributed by atoms with Crippen LogP contribution in [-0.2, 0) is 6.54 Å². The Morgan fingerprint density at radius 3 is 3.12 bits per heavy atom. The molecule has 1 fully saturated rings. The molecule has 3 nitrogen and oxygen atoms in total. The van der Waals surface area contributed by atoms with Crippen molar-refractivity contribution in [2.45, 2.75) is 38.8 Å². The van der Waals surface area contributed by atoms with Gasteiger partial charge < -0.3 is 10.1 Å². The fourth-order valence-corrected chi connectivity index (χ4v) is 1.52. The number of hydrogen-bond donors (Lipinski definition) is 1. The quantitative estimate of drug-likeness (QED) is 0.734. The molecule has 0 aliphatic heterocycles. The van der Waals surface area contributed by atoms with E-state index in [1.807, 2.05) is 19.1 Å². The summed E-state index contributed by atoms with van der Waals surface area (Å²) in [4.78, 5) is 4.20. The molecule has 0 spiro atoms. The highest BCUT2D eigenvalue weighted by Crippen LogP contribution is 2.19. The summed E-state index contributed by atoms with van der Waals surface area (Å²) in [5.41, 5.74) is 2.37. The molecule has 1 N–H and O–H groups in total. The second kappa shape index (κ2) is 5.82. The van der Waals surface area contributed by atoms with E-state index in [1.165, 1.54) is 18.4 Å². The van der Waals surface area contributed by atoms with Gasteiger partial charge in [-0.1, -0.05) is 5.57 Å². The monoisotopic (exact) mass is 232 g/mol. The van der Waals surface area contributed by atoms with E-state index >= 15 is 0 Å². The van der Waals surface area contributed by atoms with Gasteiger partial charge in [-0.3, -0.25) is 0 Å². The Morgan fingerprint density at radius 2 is 2.41 bits per heavy atom. The summed E-state index contributed by atoms with van der Waals surface area (Å²) in [5.74, 6) is 0.710. The Hall–Kier alpha value is -1.35.